The number of nitrogen functional groups attached to an aromatic ring is 1. The molecule has 2 aromatic rings. The van der Waals surface area contributed by atoms with E-state index in [1.54, 1.807) is 0 Å². The number of aromatic nitrogens is 2. The molecule has 3 heterocycles. The van der Waals surface area contributed by atoms with Crippen LogP contribution in [-0.4, -0.2) is 47.3 Å². The molecule has 0 atom stereocenters. The number of fused-ring (bicyclic) bond motifs is 1. The number of rotatable bonds is 4. The molecule has 0 unspecified atom stereocenters. The highest BCUT2D eigenvalue weighted by molar-refractivity contribution is 5.85. The minimum absolute atomic E-state index is 0. The van der Waals surface area contributed by atoms with Crippen LogP contribution in [0.1, 0.15) is 19.3 Å². The highest BCUT2D eigenvalue weighted by Crippen LogP contribution is 2.22. The van der Waals surface area contributed by atoms with Crippen molar-refractivity contribution in [3.8, 4) is 0 Å². The van der Waals surface area contributed by atoms with Gasteiger partial charge in [-0.2, -0.15) is 0 Å². The van der Waals surface area contributed by atoms with Crippen LogP contribution in [-0.2, 0) is 0 Å². The second-order valence-electron chi connectivity index (χ2n) is 6.07. The third-order valence-electron chi connectivity index (χ3n) is 4.42. The van der Waals surface area contributed by atoms with Gasteiger partial charge in [0.05, 0.1) is 38.7 Å². The number of nitrogens with zero attached hydrogens (tertiary/aromatic N) is 3. The van der Waals surface area contributed by atoms with Crippen LogP contribution in [0.3, 0.4) is 0 Å². The highest BCUT2D eigenvalue weighted by atomic mass is 35.5. The van der Waals surface area contributed by atoms with E-state index in [9.17, 15) is 0 Å². The lowest BCUT2D eigenvalue weighted by atomic mass is 10.1. The van der Waals surface area contributed by atoms with Crippen molar-refractivity contribution in [2.75, 3.05) is 44.3 Å². The molecule has 0 aromatic carbocycles. The van der Waals surface area contributed by atoms with Gasteiger partial charge in [0.15, 0.2) is 5.82 Å². The number of nitrogens with two attached hydrogens (primary N) is 1. The Morgan fingerprint density at radius 2 is 1.91 bits per heavy atom. The molecule has 0 bridgehead atoms. The topological polar surface area (TPSA) is 55.4 Å². The minimum Gasteiger partial charge on any atom is -1.00 e. The van der Waals surface area contributed by atoms with Gasteiger partial charge >= 0.3 is 0 Å². The largest absolute Gasteiger partial charge is 1.00 e. The van der Waals surface area contributed by atoms with Gasteiger partial charge in [-0.1, -0.05) is 6.07 Å². The van der Waals surface area contributed by atoms with Crippen LogP contribution in [0.4, 0.5) is 11.5 Å². The van der Waals surface area contributed by atoms with E-state index in [0.29, 0.717) is 0 Å². The fraction of sp³-hybridized carbons (Fsp3) is 0.533. The molecule has 1 aliphatic rings. The number of likely N-dealkylation sites (tertiary alicyclic amines) is 1. The second-order valence-corrected chi connectivity index (χ2v) is 6.07. The number of pyridine rings is 1. The average Bonchev–Trinajstić information content (AvgIpc) is 2.77. The summed E-state index contributed by atoms with van der Waals surface area (Å²) >= 11 is 0. The van der Waals surface area contributed by atoms with Crippen LogP contribution in [0.5, 0.6) is 0 Å². The van der Waals surface area contributed by atoms with Gasteiger partial charge < -0.3 is 27.9 Å². The molecule has 1 aliphatic heterocycles. The summed E-state index contributed by atoms with van der Waals surface area (Å²) in [5, 5.41) is 7.89. The first-order valence-corrected chi connectivity index (χ1v) is 7.48. The first-order chi connectivity index (χ1) is 9.68. The van der Waals surface area contributed by atoms with E-state index in [-0.39, 0.29) is 37.2 Å². The molecule has 0 aliphatic carbocycles. The molecule has 2 aromatic heterocycles. The van der Waals surface area contributed by atoms with Crippen LogP contribution >= 0.6 is 24.8 Å². The van der Waals surface area contributed by atoms with Crippen LogP contribution in [0, 0.1) is 0 Å². The summed E-state index contributed by atoms with van der Waals surface area (Å²) in [4.78, 5) is 0. The maximum absolute atomic E-state index is 6.14. The Labute approximate surface area is 156 Å². The van der Waals surface area contributed by atoms with Crippen molar-refractivity contribution < 1.29 is 16.9 Å². The molecule has 0 spiro atoms. The van der Waals surface area contributed by atoms with Crippen LogP contribution in [0.2, 0.25) is 0 Å². The quantitative estimate of drug-likeness (QED) is 0.721. The molecular formula is C15H26Cl3N5. The molecule has 3 rings (SSSR count). The lowest BCUT2D eigenvalue weighted by molar-refractivity contribution is -0.912. The van der Waals surface area contributed by atoms with Gasteiger partial charge in [-0.15, -0.1) is 29.9 Å². The van der Waals surface area contributed by atoms with E-state index in [4.69, 9.17) is 5.73 Å². The fourth-order valence-electron chi connectivity index (χ4n) is 3.09. The van der Waals surface area contributed by atoms with Crippen molar-refractivity contribution in [2.24, 2.45) is 0 Å². The molecule has 1 fully saturated rings. The minimum atomic E-state index is 0. The zero-order valence-electron chi connectivity index (χ0n) is 13.4. The third-order valence-corrected chi connectivity index (χ3v) is 4.42. The van der Waals surface area contributed by atoms with Crippen molar-refractivity contribution in [1.29, 1.82) is 0 Å². The monoisotopic (exact) mass is 381 g/mol. The lowest BCUT2D eigenvalue weighted by Gasteiger charge is -2.37. The Morgan fingerprint density at radius 3 is 2.57 bits per heavy atom. The van der Waals surface area contributed by atoms with Crippen LogP contribution in [0.15, 0.2) is 24.4 Å². The fourth-order valence-corrected chi connectivity index (χ4v) is 3.09. The van der Waals surface area contributed by atoms with E-state index in [1.807, 2.05) is 28.9 Å². The average molecular weight is 383 g/mol. The summed E-state index contributed by atoms with van der Waals surface area (Å²) in [5.74, 6) is 0.805. The maximum Gasteiger partial charge on any atom is 0.172 e. The first kappa shape index (κ1) is 22.1. The maximum atomic E-state index is 6.14. The summed E-state index contributed by atoms with van der Waals surface area (Å²) in [6.07, 6.45) is 6.02. The summed E-state index contributed by atoms with van der Waals surface area (Å²) in [6, 6.07) is 5.94. The smallest absolute Gasteiger partial charge is 0.172 e. The summed E-state index contributed by atoms with van der Waals surface area (Å²) in [7, 11) is 2.36. The van der Waals surface area contributed by atoms with Gasteiger partial charge in [0.25, 0.3) is 0 Å². The number of piperidine rings is 1. The van der Waals surface area contributed by atoms with Crippen molar-refractivity contribution in [2.45, 2.75) is 19.3 Å². The molecule has 132 valence electrons. The number of hydrogen-bond acceptors (Lipinski definition) is 3. The number of nitrogens with one attached hydrogen (secondary N) is 1. The number of likely N-dealkylation sites (N-methyl/N-ethyl adjacent to an activating group) is 1. The van der Waals surface area contributed by atoms with Gasteiger partial charge in [-0.3, -0.25) is 0 Å². The van der Waals surface area contributed by atoms with E-state index < -0.39 is 0 Å². The summed E-state index contributed by atoms with van der Waals surface area (Å²) in [5.41, 5.74) is 7.85. The molecule has 23 heavy (non-hydrogen) atoms. The standard InChI is InChI=1S/C15H24N5.3ClH/c1-20(10-5-2-6-11-20)12-8-17-15-14(16)13-7-3-4-9-19(13)18-15;;;/h3-4,7,9H,2,5-6,8,10-12,16H2,1H3,(H,17,18);3*1H/q+1;;;/p-1. The molecule has 0 radical (unpaired) electrons. The van der Waals surface area contributed by atoms with Crippen molar-refractivity contribution in [3.63, 3.8) is 0 Å². The normalized spacial score (nSPS) is 15.9. The second kappa shape index (κ2) is 9.42. The molecule has 0 saturated carbocycles. The van der Waals surface area contributed by atoms with Gasteiger partial charge in [0.1, 0.15) is 5.69 Å². The van der Waals surface area contributed by atoms with E-state index in [2.05, 4.69) is 17.5 Å². The summed E-state index contributed by atoms with van der Waals surface area (Å²) in [6.45, 7) is 4.64. The summed E-state index contributed by atoms with van der Waals surface area (Å²) < 4.78 is 3.00. The third kappa shape index (κ3) is 5.05. The molecule has 5 nitrogen and oxygen atoms in total. The van der Waals surface area contributed by atoms with E-state index in [1.165, 1.54) is 36.8 Å². The van der Waals surface area contributed by atoms with Gasteiger partial charge in [0, 0.05) is 6.20 Å². The SMILES string of the molecule is C[N+]1(CCNc2nn3ccccc3c2N)CCCCC1.Cl.Cl.[Cl-]. The molecule has 1 saturated heterocycles. The number of hydrogen-bond donors (Lipinski definition) is 2. The van der Waals surface area contributed by atoms with Crippen molar-refractivity contribution >= 4 is 41.8 Å². The van der Waals surface area contributed by atoms with Crippen molar-refractivity contribution in [1.82, 2.24) is 9.61 Å². The van der Waals surface area contributed by atoms with E-state index in [0.717, 1.165) is 30.1 Å². The Morgan fingerprint density at radius 1 is 1.22 bits per heavy atom. The number of halogens is 3. The Kier molecular flexibility index (Phi) is 9.06. The Bertz CT molecular complexity index is 596. The zero-order valence-corrected chi connectivity index (χ0v) is 15.8. The highest BCUT2D eigenvalue weighted by Gasteiger charge is 2.24. The predicted molar refractivity (Wildman–Crippen MR) is 97.2 cm³/mol. The Balaban J connectivity index is 0.00000161. The zero-order chi connectivity index (χ0) is 14.0. The van der Waals surface area contributed by atoms with Gasteiger partial charge in [0.2, 0.25) is 0 Å². The molecule has 0 amide bonds. The molecular weight excluding hydrogens is 357 g/mol. The van der Waals surface area contributed by atoms with Gasteiger partial charge in [-0.25, -0.2) is 4.52 Å². The number of quaternary nitrogens is 1. The van der Waals surface area contributed by atoms with E-state index >= 15 is 0 Å². The van der Waals surface area contributed by atoms with Crippen LogP contribution < -0.4 is 23.5 Å². The van der Waals surface area contributed by atoms with Crippen LogP contribution in [0.25, 0.3) is 5.52 Å². The molecule has 3 N–H and O–H groups in total. The van der Waals surface area contributed by atoms with Crippen molar-refractivity contribution in [3.05, 3.63) is 24.4 Å². The lowest BCUT2D eigenvalue weighted by Crippen LogP contribution is -3.00. The first-order valence-electron chi connectivity index (χ1n) is 7.48. The Hall–Kier alpha value is -0.880. The predicted octanol–water partition coefficient (Wildman–Crippen LogP) is -0.193. The van der Waals surface area contributed by atoms with Gasteiger partial charge in [-0.05, 0) is 31.4 Å². The number of anilines is 2. The molecule has 8 heteroatoms.